The van der Waals surface area contributed by atoms with Crippen molar-refractivity contribution in [2.24, 2.45) is 5.73 Å². The summed E-state index contributed by atoms with van der Waals surface area (Å²) in [4.78, 5) is 2.50. The summed E-state index contributed by atoms with van der Waals surface area (Å²) in [6, 6.07) is 9.35. The first-order valence-corrected chi connectivity index (χ1v) is 5.87. The highest BCUT2D eigenvalue weighted by molar-refractivity contribution is 5.48. The van der Waals surface area contributed by atoms with Gasteiger partial charge in [0, 0.05) is 24.8 Å². The number of nitrogens with two attached hydrogens (primary N) is 1. The second-order valence-corrected chi connectivity index (χ2v) is 4.41. The molecule has 1 heterocycles. The van der Waals surface area contributed by atoms with Gasteiger partial charge in [-0.1, -0.05) is 12.1 Å². The van der Waals surface area contributed by atoms with Gasteiger partial charge in [-0.25, -0.2) is 0 Å². The van der Waals surface area contributed by atoms with Crippen molar-refractivity contribution in [2.45, 2.75) is 38.8 Å². The number of piperidine rings is 1. The molecule has 1 aliphatic rings. The van der Waals surface area contributed by atoms with Gasteiger partial charge in [0.05, 0.1) is 0 Å². The van der Waals surface area contributed by atoms with Crippen molar-refractivity contribution in [3.8, 4) is 0 Å². The summed E-state index contributed by atoms with van der Waals surface area (Å²) in [5.41, 5.74) is 8.15. The highest BCUT2D eigenvalue weighted by Gasteiger charge is 2.17. The van der Waals surface area contributed by atoms with E-state index in [1.807, 2.05) is 0 Å². The van der Waals surface area contributed by atoms with Crippen molar-refractivity contribution < 1.29 is 0 Å². The molecule has 2 nitrogen and oxygen atoms in total. The molecule has 0 saturated carbocycles. The number of hydrogen-bond donors (Lipinski definition) is 1. The Hall–Kier alpha value is -1.02. The van der Waals surface area contributed by atoms with Gasteiger partial charge >= 0.3 is 0 Å². The number of hydrogen-bond acceptors (Lipinski definition) is 2. The number of rotatable bonds is 2. The maximum atomic E-state index is 5.59. The zero-order chi connectivity index (χ0) is 10.7. The molecule has 1 aromatic carbocycles. The van der Waals surface area contributed by atoms with Crippen LogP contribution in [0.4, 0.5) is 5.69 Å². The van der Waals surface area contributed by atoms with E-state index >= 15 is 0 Å². The Balaban J connectivity index is 2.13. The van der Waals surface area contributed by atoms with Gasteiger partial charge < -0.3 is 10.6 Å². The van der Waals surface area contributed by atoms with Crippen LogP contribution in [0.1, 0.15) is 31.7 Å². The molecule has 1 fully saturated rings. The first kappa shape index (κ1) is 10.5. The van der Waals surface area contributed by atoms with Crippen LogP contribution in [0.2, 0.25) is 0 Å². The Kier molecular flexibility index (Phi) is 3.27. The van der Waals surface area contributed by atoms with E-state index in [-0.39, 0.29) is 0 Å². The second-order valence-electron chi connectivity index (χ2n) is 4.41. The van der Waals surface area contributed by atoms with E-state index in [0.717, 1.165) is 0 Å². The van der Waals surface area contributed by atoms with Crippen LogP contribution >= 0.6 is 0 Å². The summed E-state index contributed by atoms with van der Waals surface area (Å²) in [6.45, 7) is 4.15. The monoisotopic (exact) mass is 204 g/mol. The average molecular weight is 204 g/mol. The predicted molar refractivity (Wildman–Crippen MR) is 65.0 cm³/mol. The first-order valence-electron chi connectivity index (χ1n) is 5.87. The van der Waals surface area contributed by atoms with E-state index in [2.05, 4.69) is 36.1 Å². The van der Waals surface area contributed by atoms with Gasteiger partial charge in [-0.05, 0) is 43.9 Å². The Morgan fingerprint density at radius 2 is 2.00 bits per heavy atom. The quantitative estimate of drug-likeness (QED) is 0.802. The minimum absolute atomic E-state index is 0.635. The lowest BCUT2D eigenvalue weighted by Gasteiger charge is -2.35. The van der Waals surface area contributed by atoms with Crippen LogP contribution in [-0.4, -0.2) is 12.6 Å². The Morgan fingerprint density at radius 3 is 2.60 bits per heavy atom. The lowest BCUT2D eigenvalue weighted by molar-refractivity contribution is 0.485. The fraction of sp³-hybridized carbons (Fsp3) is 0.538. The maximum absolute atomic E-state index is 5.59. The van der Waals surface area contributed by atoms with Gasteiger partial charge in [-0.2, -0.15) is 0 Å². The number of anilines is 1. The molecule has 0 aromatic heterocycles. The average Bonchev–Trinajstić information content (AvgIpc) is 2.30. The first-order chi connectivity index (χ1) is 7.31. The third kappa shape index (κ3) is 2.32. The van der Waals surface area contributed by atoms with Crippen molar-refractivity contribution in [3.63, 3.8) is 0 Å². The van der Waals surface area contributed by atoms with E-state index in [1.54, 1.807) is 0 Å². The summed E-state index contributed by atoms with van der Waals surface area (Å²) in [5.74, 6) is 0. The molecule has 1 atom stereocenters. The van der Waals surface area contributed by atoms with Gasteiger partial charge in [0.2, 0.25) is 0 Å². The molecule has 2 rings (SSSR count). The second kappa shape index (κ2) is 4.67. The topological polar surface area (TPSA) is 29.3 Å². The normalized spacial score (nSPS) is 21.7. The third-order valence-corrected chi connectivity index (χ3v) is 3.31. The molecule has 1 aliphatic heterocycles. The fourth-order valence-electron chi connectivity index (χ4n) is 2.31. The molecule has 15 heavy (non-hydrogen) atoms. The van der Waals surface area contributed by atoms with Gasteiger partial charge in [-0.15, -0.1) is 0 Å². The zero-order valence-electron chi connectivity index (χ0n) is 9.45. The molecular formula is C13H20N2. The van der Waals surface area contributed by atoms with Crippen molar-refractivity contribution in [2.75, 3.05) is 11.4 Å². The van der Waals surface area contributed by atoms with Gasteiger partial charge in [0.15, 0.2) is 0 Å². The summed E-state index contributed by atoms with van der Waals surface area (Å²) in [6.07, 6.45) is 4.01. The molecule has 2 heteroatoms. The van der Waals surface area contributed by atoms with Gasteiger partial charge in [0.25, 0.3) is 0 Å². The summed E-state index contributed by atoms with van der Waals surface area (Å²) in [5, 5.41) is 0. The Labute approximate surface area is 92.1 Å². The zero-order valence-corrected chi connectivity index (χ0v) is 9.45. The molecular weight excluding hydrogens is 184 g/mol. The summed E-state index contributed by atoms with van der Waals surface area (Å²) < 4.78 is 0. The van der Waals surface area contributed by atoms with Crippen molar-refractivity contribution in [1.82, 2.24) is 0 Å². The molecule has 0 unspecified atom stereocenters. The minimum Gasteiger partial charge on any atom is -0.369 e. The largest absolute Gasteiger partial charge is 0.369 e. The van der Waals surface area contributed by atoms with E-state index in [9.17, 15) is 0 Å². The van der Waals surface area contributed by atoms with Crippen LogP contribution in [0, 0.1) is 0 Å². The molecule has 2 N–H and O–H groups in total. The fourth-order valence-corrected chi connectivity index (χ4v) is 2.31. The lowest BCUT2D eigenvalue weighted by atomic mass is 10.0. The van der Waals surface area contributed by atoms with Crippen LogP contribution < -0.4 is 10.6 Å². The van der Waals surface area contributed by atoms with E-state index < -0.39 is 0 Å². The molecule has 1 aromatic rings. The van der Waals surface area contributed by atoms with Crippen molar-refractivity contribution in [1.29, 1.82) is 0 Å². The van der Waals surface area contributed by atoms with E-state index in [1.165, 1.54) is 37.1 Å². The predicted octanol–water partition coefficient (Wildman–Crippen LogP) is 2.52. The van der Waals surface area contributed by atoms with Crippen molar-refractivity contribution >= 4 is 5.69 Å². The number of benzene rings is 1. The smallest absolute Gasteiger partial charge is 0.0368 e. The highest BCUT2D eigenvalue weighted by atomic mass is 15.2. The van der Waals surface area contributed by atoms with Crippen LogP contribution in [0.15, 0.2) is 24.3 Å². The molecule has 0 spiro atoms. The minimum atomic E-state index is 0.635. The molecule has 1 saturated heterocycles. The molecule has 0 radical (unpaired) electrons. The molecule has 0 aliphatic carbocycles. The lowest BCUT2D eigenvalue weighted by Crippen LogP contribution is -2.37. The third-order valence-electron chi connectivity index (χ3n) is 3.31. The number of nitrogens with zero attached hydrogens (tertiary/aromatic N) is 1. The standard InChI is InChI=1S/C13H20N2/c1-11-4-2-3-9-15(11)13-7-5-12(10-14)6-8-13/h5-8,11H,2-4,9-10,14H2,1H3/t11-/m0/s1. The van der Waals surface area contributed by atoms with Crippen LogP contribution in [-0.2, 0) is 6.54 Å². The molecule has 0 bridgehead atoms. The van der Waals surface area contributed by atoms with Crippen LogP contribution in [0.3, 0.4) is 0 Å². The maximum Gasteiger partial charge on any atom is 0.0368 e. The van der Waals surface area contributed by atoms with E-state index in [0.29, 0.717) is 12.6 Å². The van der Waals surface area contributed by atoms with Crippen LogP contribution in [0.5, 0.6) is 0 Å². The Bertz CT molecular complexity index is 305. The highest BCUT2D eigenvalue weighted by Crippen LogP contribution is 2.24. The molecule has 0 amide bonds. The summed E-state index contributed by atoms with van der Waals surface area (Å²) >= 11 is 0. The van der Waals surface area contributed by atoms with Crippen LogP contribution in [0.25, 0.3) is 0 Å². The van der Waals surface area contributed by atoms with E-state index in [4.69, 9.17) is 5.73 Å². The molecule has 82 valence electrons. The Morgan fingerprint density at radius 1 is 1.27 bits per heavy atom. The van der Waals surface area contributed by atoms with Crippen molar-refractivity contribution in [3.05, 3.63) is 29.8 Å². The SMILES string of the molecule is C[C@H]1CCCCN1c1ccc(CN)cc1. The summed E-state index contributed by atoms with van der Waals surface area (Å²) in [7, 11) is 0. The van der Waals surface area contributed by atoms with Gasteiger partial charge in [-0.3, -0.25) is 0 Å². The van der Waals surface area contributed by atoms with Gasteiger partial charge in [0.1, 0.15) is 0 Å².